The number of benzene rings is 1. The molecule has 3 heterocycles. The number of likely N-dealkylation sites (N-methyl/N-ethyl adjacent to an activating group) is 1. The van der Waals surface area contributed by atoms with Gasteiger partial charge < -0.3 is 15.2 Å². The van der Waals surface area contributed by atoms with Crippen LogP contribution >= 0.6 is 0 Å². The number of anilines is 1. The third-order valence-electron chi connectivity index (χ3n) is 4.57. The van der Waals surface area contributed by atoms with Crippen molar-refractivity contribution in [1.29, 1.82) is 0 Å². The second kappa shape index (κ2) is 6.20. The fourth-order valence-electron chi connectivity index (χ4n) is 3.36. The number of aromatic amines is 1. The molecule has 2 N–H and O–H groups in total. The smallest absolute Gasteiger partial charge is 0.158 e. The number of nitrogens with zero attached hydrogens (tertiary/aromatic N) is 3. The van der Waals surface area contributed by atoms with Crippen LogP contribution in [-0.2, 0) is 0 Å². The first-order valence-electron chi connectivity index (χ1n) is 8.25. The molecule has 2 aromatic heterocycles. The van der Waals surface area contributed by atoms with Crippen molar-refractivity contribution in [3.05, 3.63) is 42.3 Å². The van der Waals surface area contributed by atoms with Crippen molar-refractivity contribution >= 4 is 16.7 Å². The van der Waals surface area contributed by atoms with Crippen molar-refractivity contribution < 1.29 is 4.39 Å². The Morgan fingerprint density at radius 2 is 2.04 bits per heavy atom. The molecule has 1 fully saturated rings. The van der Waals surface area contributed by atoms with E-state index in [4.69, 9.17) is 0 Å². The molecule has 24 heavy (non-hydrogen) atoms. The van der Waals surface area contributed by atoms with Crippen molar-refractivity contribution in [2.45, 2.75) is 18.9 Å². The number of piperidine rings is 1. The van der Waals surface area contributed by atoms with Crippen molar-refractivity contribution in [3.8, 4) is 11.3 Å². The van der Waals surface area contributed by atoms with E-state index < -0.39 is 0 Å². The van der Waals surface area contributed by atoms with Crippen molar-refractivity contribution in [1.82, 2.24) is 20.1 Å². The number of hydrogen-bond donors (Lipinski definition) is 2. The van der Waals surface area contributed by atoms with Gasteiger partial charge >= 0.3 is 0 Å². The highest BCUT2D eigenvalue weighted by atomic mass is 19.1. The molecule has 124 valence electrons. The van der Waals surface area contributed by atoms with E-state index in [1.54, 1.807) is 12.1 Å². The monoisotopic (exact) mass is 325 g/mol. The Balaban J connectivity index is 1.68. The number of likely N-dealkylation sites (tertiary alicyclic amines) is 1. The number of halogens is 1. The molecule has 6 heteroatoms. The van der Waals surface area contributed by atoms with Gasteiger partial charge in [-0.25, -0.2) is 4.39 Å². The lowest BCUT2D eigenvalue weighted by molar-refractivity contribution is 0.261. The maximum Gasteiger partial charge on any atom is 0.158 e. The van der Waals surface area contributed by atoms with E-state index in [0.717, 1.165) is 47.5 Å². The zero-order valence-electron chi connectivity index (χ0n) is 13.6. The number of fused-ring (bicyclic) bond motifs is 1. The summed E-state index contributed by atoms with van der Waals surface area (Å²) < 4.78 is 13.2. The van der Waals surface area contributed by atoms with E-state index in [-0.39, 0.29) is 5.82 Å². The molecule has 1 aromatic carbocycles. The molecular formula is C18H20FN5. The van der Waals surface area contributed by atoms with Crippen LogP contribution < -0.4 is 5.32 Å². The molecule has 0 bridgehead atoms. The van der Waals surface area contributed by atoms with Gasteiger partial charge in [-0.3, -0.25) is 0 Å². The van der Waals surface area contributed by atoms with E-state index >= 15 is 0 Å². The Bertz CT molecular complexity index is 842. The number of nitrogens with one attached hydrogen (secondary N) is 2. The summed E-state index contributed by atoms with van der Waals surface area (Å²) >= 11 is 0. The summed E-state index contributed by atoms with van der Waals surface area (Å²) in [6.45, 7) is 2.15. The largest absolute Gasteiger partial charge is 0.364 e. The fourth-order valence-corrected chi connectivity index (χ4v) is 3.36. The molecule has 1 saturated heterocycles. The highest BCUT2D eigenvalue weighted by molar-refractivity contribution is 5.97. The molecule has 1 aliphatic heterocycles. The van der Waals surface area contributed by atoms with Crippen LogP contribution in [-0.4, -0.2) is 46.3 Å². The summed E-state index contributed by atoms with van der Waals surface area (Å²) in [7, 11) is 2.14. The van der Waals surface area contributed by atoms with Gasteiger partial charge in [-0.1, -0.05) is 0 Å². The summed E-state index contributed by atoms with van der Waals surface area (Å²) in [6.07, 6.45) is 4.21. The lowest BCUT2D eigenvalue weighted by Gasteiger charge is -2.30. The summed E-state index contributed by atoms with van der Waals surface area (Å²) in [6, 6.07) is 8.72. The molecule has 0 saturated carbocycles. The van der Waals surface area contributed by atoms with Crippen LogP contribution in [0.1, 0.15) is 12.8 Å². The normalized spacial score (nSPS) is 18.8. The van der Waals surface area contributed by atoms with Gasteiger partial charge in [0.05, 0.1) is 5.52 Å². The van der Waals surface area contributed by atoms with Crippen LogP contribution in [0.2, 0.25) is 0 Å². The van der Waals surface area contributed by atoms with E-state index in [1.807, 2.05) is 12.3 Å². The Labute approximate surface area is 139 Å². The third kappa shape index (κ3) is 2.85. The molecule has 0 amide bonds. The molecule has 1 atom stereocenters. The average Bonchev–Trinajstić information content (AvgIpc) is 3.06. The van der Waals surface area contributed by atoms with Crippen LogP contribution in [0, 0.1) is 5.82 Å². The first kappa shape index (κ1) is 15.1. The summed E-state index contributed by atoms with van der Waals surface area (Å²) in [5, 5.41) is 13.3. The van der Waals surface area contributed by atoms with Crippen LogP contribution in [0.25, 0.3) is 22.2 Å². The topological polar surface area (TPSA) is 56.8 Å². The van der Waals surface area contributed by atoms with Gasteiger partial charge in [-0.15, -0.1) is 10.2 Å². The number of aromatic nitrogens is 3. The molecule has 4 rings (SSSR count). The fraction of sp³-hybridized carbons (Fsp3) is 0.333. The van der Waals surface area contributed by atoms with Crippen LogP contribution in [0.5, 0.6) is 0 Å². The molecule has 0 unspecified atom stereocenters. The standard InChI is InChI=1S/C18H20FN5/c1-24-10-2-3-14(11-24)21-18-15-8-9-20-17(15)16(22-23-18)12-4-6-13(19)7-5-12/h4-9,14,20H,2-3,10-11H2,1H3,(H,21,23)/t14-/m1/s1. The Hall–Kier alpha value is -2.47. The molecular weight excluding hydrogens is 305 g/mol. The minimum absolute atomic E-state index is 0.255. The van der Waals surface area contributed by atoms with Gasteiger partial charge in [0.2, 0.25) is 0 Å². The quantitative estimate of drug-likeness (QED) is 0.776. The van der Waals surface area contributed by atoms with Gasteiger partial charge in [-0.2, -0.15) is 0 Å². The average molecular weight is 325 g/mol. The Morgan fingerprint density at radius 1 is 1.21 bits per heavy atom. The summed E-state index contributed by atoms with van der Waals surface area (Å²) in [5.41, 5.74) is 2.50. The van der Waals surface area contributed by atoms with E-state index in [0.29, 0.717) is 6.04 Å². The van der Waals surface area contributed by atoms with Crippen LogP contribution in [0.4, 0.5) is 10.2 Å². The van der Waals surface area contributed by atoms with Gasteiger partial charge in [0.15, 0.2) is 5.82 Å². The van der Waals surface area contributed by atoms with E-state index in [2.05, 4.69) is 32.4 Å². The third-order valence-corrected chi connectivity index (χ3v) is 4.57. The summed E-state index contributed by atoms with van der Waals surface area (Å²) in [5.74, 6) is 0.548. The summed E-state index contributed by atoms with van der Waals surface area (Å²) in [4.78, 5) is 5.57. The minimum atomic E-state index is -0.255. The highest BCUT2D eigenvalue weighted by Crippen LogP contribution is 2.29. The maximum absolute atomic E-state index is 13.2. The first-order valence-corrected chi connectivity index (χ1v) is 8.25. The van der Waals surface area contributed by atoms with Gasteiger partial charge in [0.1, 0.15) is 11.5 Å². The SMILES string of the molecule is CN1CCC[C@@H](Nc2nnc(-c3ccc(F)cc3)c3[nH]ccc23)C1. The van der Waals surface area contributed by atoms with Crippen molar-refractivity contribution in [3.63, 3.8) is 0 Å². The van der Waals surface area contributed by atoms with Gasteiger partial charge in [-0.05, 0) is 56.8 Å². The second-order valence-electron chi connectivity index (χ2n) is 6.42. The second-order valence-corrected chi connectivity index (χ2v) is 6.42. The van der Waals surface area contributed by atoms with E-state index in [9.17, 15) is 4.39 Å². The molecule has 3 aromatic rings. The first-order chi connectivity index (χ1) is 11.7. The maximum atomic E-state index is 13.2. The van der Waals surface area contributed by atoms with Gasteiger partial charge in [0.25, 0.3) is 0 Å². The molecule has 0 radical (unpaired) electrons. The number of rotatable bonds is 3. The van der Waals surface area contributed by atoms with Crippen molar-refractivity contribution in [2.24, 2.45) is 0 Å². The van der Waals surface area contributed by atoms with E-state index in [1.165, 1.54) is 18.6 Å². The molecule has 5 nitrogen and oxygen atoms in total. The lowest BCUT2D eigenvalue weighted by atomic mass is 10.1. The number of H-pyrrole nitrogens is 1. The molecule has 0 aliphatic carbocycles. The molecule has 1 aliphatic rings. The van der Waals surface area contributed by atoms with Crippen molar-refractivity contribution in [2.75, 3.05) is 25.5 Å². The van der Waals surface area contributed by atoms with Gasteiger partial charge in [0, 0.05) is 29.7 Å². The lowest BCUT2D eigenvalue weighted by Crippen LogP contribution is -2.40. The zero-order valence-corrected chi connectivity index (χ0v) is 13.6. The minimum Gasteiger partial charge on any atom is -0.364 e. The predicted molar refractivity (Wildman–Crippen MR) is 93.4 cm³/mol. The highest BCUT2D eigenvalue weighted by Gasteiger charge is 2.19. The number of hydrogen-bond acceptors (Lipinski definition) is 4. The Kier molecular flexibility index (Phi) is 3.90. The van der Waals surface area contributed by atoms with Crippen LogP contribution in [0.15, 0.2) is 36.5 Å². The van der Waals surface area contributed by atoms with Crippen LogP contribution in [0.3, 0.4) is 0 Å². The molecule has 0 spiro atoms. The Morgan fingerprint density at radius 3 is 2.83 bits per heavy atom. The zero-order chi connectivity index (χ0) is 16.5. The predicted octanol–water partition coefficient (Wildman–Crippen LogP) is 3.27.